The number of imidazole rings is 1. The van der Waals surface area contributed by atoms with E-state index >= 15 is 0 Å². The molecule has 7 heteroatoms. The molecule has 0 atom stereocenters. The van der Waals surface area contributed by atoms with Crippen molar-refractivity contribution in [3.05, 3.63) is 49.1 Å². The molecule has 0 fully saturated rings. The first-order chi connectivity index (χ1) is 9.10. The fraction of sp³-hybridized carbons (Fsp3) is 0. The molecule has 2 heterocycles. The summed E-state index contributed by atoms with van der Waals surface area (Å²) in [6.07, 6.45) is 4.14. The summed E-state index contributed by atoms with van der Waals surface area (Å²) in [5, 5.41) is 0. The smallest absolute Gasteiger partial charge is 0.210 e. The lowest BCUT2D eigenvalue weighted by Gasteiger charge is -2.07. The topological polar surface area (TPSA) is 90.3 Å². The molecule has 96 valence electrons. The number of sulfone groups is 1. The minimum absolute atomic E-state index is 0.0883. The van der Waals surface area contributed by atoms with Crippen LogP contribution in [0.4, 0.5) is 5.95 Å². The lowest BCUT2D eigenvalue weighted by molar-refractivity contribution is 0.596. The molecule has 0 saturated heterocycles. The molecule has 0 spiro atoms. The summed E-state index contributed by atoms with van der Waals surface area (Å²) >= 11 is 0. The van der Waals surface area contributed by atoms with E-state index in [0.717, 1.165) is 0 Å². The number of hydrogen-bond acceptors (Lipinski definition) is 5. The summed E-state index contributed by atoms with van der Waals surface area (Å²) in [4.78, 5) is 8.10. The van der Waals surface area contributed by atoms with Crippen LogP contribution in [-0.4, -0.2) is 22.8 Å². The van der Waals surface area contributed by atoms with Gasteiger partial charge in [0.15, 0.2) is 0 Å². The zero-order valence-electron chi connectivity index (χ0n) is 9.76. The van der Waals surface area contributed by atoms with E-state index in [9.17, 15) is 8.42 Å². The van der Waals surface area contributed by atoms with Gasteiger partial charge in [0.1, 0.15) is 11.2 Å². The van der Waals surface area contributed by atoms with Gasteiger partial charge in [-0.05, 0) is 12.1 Å². The number of hydrogen-bond donors (Lipinski definition) is 1. The molecule has 19 heavy (non-hydrogen) atoms. The number of anilines is 1. The summed E-state index contributed by atoms with van der Waals surface area (Å²) < 4.78 is 26.5. The molecule has 2 N–H and O–H groups in total. The van der Waals surface area contributed by atoms with Crippen molar-refractivity contribution in [2.45, 2.75) is 9.79 Å². The van der Waals surface area contributed by atoms with Gasteiger partial charge in [-0.1, -0.05) is 18.2 Å². The maximum Gasteiger partial charge on any atom is 0.210 e. The van der Waals surface area contributed by atoms with E-state index in [1.807, 2.05) is 0 Å². The molecular weight excluding hydrogens is 264 g/mol. The molecule has 0 aliphatic heterocycles. The summed E-state index contributed by atoms with van der Waals surface area (Å²) in [7, 11) is -3.63. The van der Waals surface area contributed by atoms with E-state index in [0.29, 0.717) is 5.52 Å². The monoisotopic (exact) mass is 274 g/mol. The molecule has 3 aromatic rings. The molecule has 2 aromatic heterocycles. The number of benzene rings is 1. The van der Waals surface area contributed by atoms with Crippen LogP contribution in [-0.2, 0) is 9.84 Å². The standard InChI is InChI=1S/C12H10N4O2S/c13-12-15-7-11(10-6-14-8-16(10)12)19(17,18)9-4-2-1-3-5-9/h1-8H,(H2,13,15). The molecule has 0 aliphatic carbocycles. The van der Waals surface area contributed by atoms with Crippen LogP contribution in [0.25, 0.3) is 5.52 Å². The van der Waals surface area contributed by atoms with Gasteiger partial charge in [0.05, 0.1) is 22.8 Å². The van der Waals surface area contributed by atoms with Crippen molar-refractivity contribution in [2.24, 2.45) is 0 Å². The maximum atomic E-state index is 12.5. The first kappa shape index (κ1) is 11.7. The number of aromatic nitrogens is 3. The molecule has 0 radical (unpaired) electrons. The zero-order valence-corrected chi connectivity index (χ0v) is 10.6. The van der Waals surface area contributed by atoms with Crippen molar-refractivity contribution in [3.63, 3.8) is 0 Å². The highest BCUT2D eigenvalue weighted by atomic mass is 32.2. The minimum Gasteiger partial charge on any atom is -0.369 e. The first-order valence-corrected chi connectivity index (χ1v) is 6.96. The average molecular weight is 274 g/mol. The van der Waals surface area contributed by atoms with Gasteiger partial charge in [0, 0.05) is 0 Å². The van der Waals surface area contributed by atoms with Gasteiger partial charge < -0.3 is 5.73 Å². The van der Waals surface area contributed by atoms with Crippen LogP contribution in [0.1, 0.15) is 0 Å². The minimum atomic E-state index is -3.63. The highest BCUT2D eigenvalue weighted by Gasteiger charge is 2.21. The van der Waals surface area contributed by atoms with Crippen LogP contribution in [0.15, 0.2) is 58.8 Å². The van der Waals surface area contributed by atoms with E-state index in [4.69, 9.17) is 5.73 Å². The lowest BCUT2D eigenvalue weighted by atomic mass is 10.4. The summed E-state index contributed by atoms with van der Waals surface area (Å²) in [5.41, 5.74) is 6.08. The second-order valence-electron chi connectivity index (χ2n) is 3.95. The van der Waals surface area contributed by atoms with E-state index < -0.39 is 9.84 Å². The molecular formula is C12H10N4O2S. The van der Waals surface area contributed by atoms with Gasteiger partial charge in [-0.3, -0.25) is 4.40 Å². The zero-order chi connectivity index (χ0) is 13.5. The molecule has 0 saturated carbocycles. The van der Waals surface area contributed by atoms with Gasteiger partial charge in [0.25, 0.3) is 0 Å². The fourth-order valence-electron chi connectivity index (χ4n) is 1.85. The Bertz CT molecular complexity index is 841. The Hall–Kier alpha value is -2.41. The molecule has 0 aliphatic rings. The van der Waals surface area contributed by atoms with E-state index in [1.165, 1.54) is 23.1 Å². The van der Waals surface area contributed by atoms with Crippen LogP contribution in [0.5, 0.6) is 0 Å². The lowest BCUT2D eigenvalue weighted by Crippen LogP contribution is -2.07. The molecule has 0 unspecified atom stereocenters. The van der Waals surface area contributed by atoms with Gasteiger partial charge in [0.2, 0.25) is 15.8 Å². The van der Waals surface area contributed by atoms with Crippen molar-refractivity contribution >= 4 is 21.3 Å². The number of nitrogens with two attached hydrogens (primary N) is 1. The number of nitrogens with zero attached hydrogens (tertiary/aromatic N) is 3. The molecule has 0 bridgehead atoms. The van der Waals surface area contributed by atoms with Crippen molar-refractivity contribution in [1.29, 1.82) is 0 Å². The van der Waals surface area contributed by atoms with Gasteiger partial charge in [-0.2, -0.15) is 0 Å². The quantitative estimate of drug-likeness (QED) is 0.757. The van der Waals surface area contributed by atoms with Gasteiger partial charge in [-0.25, -0.2) is 18.4 Å². The van der Waals surface area contributed by atoms with Gasteiger partial charge >= 0.3 is 0 Å². The molecule has 1 aromatic carbocycles. The predicted octanol–water partition coefficient (Wildman–Crippen LogP) is 1.14. The Morgan fingerprint density at radius 3 is 2.58 bits per heavy atom. The normalized spacial score (nSPS) is 11.8. The Kier molecular flexibility index (Phi) is 2.49. The Morgan fingerprint density at radius 2 is 1.84 bits per heavy atom. The van der Waals surface area contributed by atoms with Crippen LogP contribution < -0.4 is 5.73 Å². The second kappa shape index (κ2) is 4.06. The van der Waals surface area contributed by atoms with E-state index in [1.54, 1.807) is 30.3 Å². The number of nitrogen functional groups attached to an aromatic ring is 1. The highest BCUT2D eigenvalue weighted by Crippen LogP contribution is 2.24. The largest absolute Gasteiger partial charge is 0.369 e. The summed E-state index contributed by atoms with van der Waals surface area (Å²) in [5.74, 6) is 0.194. The highest BCUT2D eigenvalue weighted by molar-refractivity contribution is 7.91. The second-order valence-corrected chi connectivity index (χ2v) is 5.86. The third kappa shape index (κ3) is 1.75. The molecule has 6 nitrogen and oxygen atoms in total. The van der Waals surface area contributed by atoms with Crippen molar-refractivity contribution in [3.8, 4) is 0 Å². The van der Waals surface area contributed by atoms with Crippen LogP contribution in [0, 0.1) is 0 Å². The molecule has 0 amide bonds. The SMILES string of the molecule is Nc1ncc(S(=O)(=O)c2ccccc2)c2cncn12. The fourth-order valence-corrected chi connectivity index (χ4v) is 3.23. The third-order valence-corrected chi connectivity index (χ3v) is 4.58. The first-order valence-electron chi connectivity index (χ1n) is 5.47. The van der Waals surface area contributed by atoms with Crippen LogP contribution in [0.3, 0.4) is 0 Å². The van der Waals surface area contributed by atoms with E-state index in [-0.39, 0.29) is 15.7 Å². The maximum absolute atomic E-state index is 12.5. The van der Waals surface area contributed by atoms with Gasteiger partial charge in [-0.15, -0.1) is 0 Å². The van der Waals surface area contributed by atoms with Crippen molar-refractivity contribution in [1.82, 2.24) is 14.4 Å². The van der Waals surface area contributed by atoms with Crippen LogP contribution >= 0.6 is 0 Å². The summed E-state index contributed by atoms with van der Waals surface area (Å²) in [6.45, 7) is 0. The Morgan fingerprint density at radius 1 is 1.11 bits per heavy atom. The Balaban J connectivity index is 2.31. The number of rotatable bonds is 2. The molecule has 3 rings (SSSR count). The Labute approximate surface area is 109 Å². The third-order valence-electron chi connectivity index (χ3n) is 2.79. The van der Waals surface area contributed by atoms with E-state index in [2.05, 4.69) is 9.97 Å². The average Bonchev–Trinajstić information content (AvgIpc) is 2.90. The van der Waals surface area contributed by atoms with Crippen molar-refractivity contribution < 1.29 is 8.42 Å². The predicted molar refractivity (Wildman–Crippen MR) is 69.3 cm³/mol. The van der Waals surface area contributed by atoms with Crippen LogP contribution in [0.2, 0.25) is 0 Å². The van der Waals surface area contributed by atoms with Crippen molar-refractivity contribution in [2.75, 3.05) is 5.73 Å². The number of fused-ring (bicyclic) bond motifs is 1. The summed E-state index contributed by atoms with van der Waals surface area (Å²) in [6, 6.07) is 8.18.